The highest BCUT2D eigenvalue weighted by Gasteiger charge is 2.93. The number of fused-ring (bicyclic) bond motifs is 3. The van der Waals surface area contributed by atoms with Crippen molar-refractivity contribution in [1.82, 2.24) is 0 Å². The van der Waals surface area contributed by atoms with Gasteiger partial charge in [-0.05, 0) is 27.2 Å². The number of carbonyl (C=O) groups excluding carboxylic acids is 2. The second-order valence-corrected chi connectivity index (χ2v) is 11.8. The van der Waals surface area contributed by atoms with Crippen molar-refractivity contribution in [2.45, 2.75) is 106 Å². The number of ketones is 2. The van der Waals surface area contributed by atoms with Crippen molar-refractivity contribution >= 4 is 17.5 Å². The summed E-state index contributed by atoms with van der Waals surface area (Å²) in [5, 5.41) is 53.9. The van der Waals surface area contributed by atoms with Crippen LogP contribution in [0.2, 0.25) is 0 Å². The number of rotatable bonds is 4. The average molecular weight is 559 g/mol. The molecule has 1 saturated carbocycles. The first-order chi connectivity index (χ1) is 18.8. The second kappa shape index (κ2) is 8.11. The largest absolute Gasteiger partial charge is 0.507 e. The number of phenols is 2. The van der Waals surface area contributed by atoms with Crippen molar-refractivity contribution < 1.29 is 58.9 Å². The maximum Gasteiger partial charge on any atom is 0.305 e. The Morgan fingerprint density at radius 2 is 1.73 bits per heavy atom. The Labute approximate surface area is 228 Å². The molecule has 3 aliphatic carbocycles. The lowest BCUT2D eigenvalue weighted by atomic mass is 9.65. The lowest BCUT2D eigenvalue weighted by Crippen LogP contribution is -2.42. The number of Topliss-reactive ketones (excluding diaryl/α,β-unsaturated/α-hetero) is 2. The Kier molecular flexibility index (Phi) is 5.29. The molecule has 5 N–H and O–H groups in total. The van der Waals surface area contributed by atoms with Crippen molar-refractivity contribution in [1.29, 1.82) is 0 Å². The third-order valence-corrected chi connectivity index (χ3v) is 9.76. The molecule has 0 bridgehead atoms. The molecule has 0 radical (unpaired) electrons. The molecule has 40 heavy (non-hydrogen) atoms. The third kappa shape index (κ3) is 2.88. The van der Waals surface area contributed by atoms with Crippen LogP contribution in [-0.4, -0.2) is 91.6 Å². The van der Waals surface area contributed by atoms with E-state index < -0.39 is 89.1 Å². The minimum absolute atomic E-state index is 0.0141. The summed E-state index contributed by atoms with van der Waals surface area (Å²) in [6, 6.07) is 0. The van der Waals surface area contributed by atoms with Crippen LogP contribution in [0.5, 0.6) is 11.5 Å². The number of benzene rings is 1. The standard InChI is InChI=1S/C28H30O12/c1-8-13(29)4-5-15(38-8)40-26-27-20-19(25(27)39-10(3)28(26,27)36)23(34)17-18(24(20)35)22(33)16-9(2)37-11(7-14(30)31)6-12(16)21(17)32/h8-11,13,15,25-26,29,34-36H,4-7H2,1-3H3,(H,30,31). The van der Waals surface area contributed by atoms with E-state index in [2.05, 4.69) is 0 Å². The molecule has 10 atom stereocenters. The molecule has 3 fully saturated rings. The molecular weight excluding hydrogens is 528 g/mol. The third-order valence-electron chi connectivity index (χ3n) is 9.76. The molecule has 214 valence electrons. The molecule has 12 nitrogen and oxygen atoms in total. The molecule has 0 amide bonds. The van der Waals surface area contributed by atoms with Crippen LogP contribution in [-0.2, 0) is 29.2 Å². The van der Waals surface area contributed by atoms with Gasteiger partial charge < -0.3 is 44.5 Å². The van der Waals surface area contributed by atoms with Gasteiger partial charge in [-0.2, -0.15) is 0 Å². The molecule has 3 aliphatic heterocycles. The molecular formula is C28H30O12. The lowest BCUT2D eigenvalue weighted by Gasteiger charge is -2.42. The molecule has 12 heteroatoms. The van der Waals surface area contributed by atoms with Crippen LogP contribution in [0.4, 0.5) is 0 Å². The van der Waals surface area contributed by atoms with Gasteiger partial charge >= 0.3 is 5.97 Å². The number of aliphatic carboxylic acids is 1. The zero-order valence-electron chi connectivity index (χ0n) is 22.0. The van der Waals surface area contributed by atoms with Crippen LogP contribution >= 0.6 is 0 Å². The Bertz CT molecular complexity index is 1430. The van der Waals surface area contributed by atoms with Crippen molar-refractivity contribution in [3.8, 4) is 11.5 Å². The first-order valence-corrected chi connectivity index (χ1v) is 13.5. The summed E-state index contributed by atoms with van der Waals surface area (Å²) in [6.45, 7) is 4.89. The molecule has 7 rings (SSSR count). The predicted molar refractivity (Wildman–Crippen MR) is 131 cm³/mol. The Morgan fingerprint density at radius 1 is 1.02 bits per heavy atom. The molecule has 2 saturated heterocycles. The highest BCUT2D eigenvalue weighted by molar-refractivity contribution is 6.30. The van der Waals surface area contributed by atoms with E-state index in [0.29, 0.717) is 12.8 Å². The second-order valence-electron chi connectivity index (χ2n) is 11.8. The van der Waals surface area contributed by atoms with Gasteiger partial charge in [0.05, 0.1) is 53.5 Å². The summed E-state index contributed by atoms with van der Waals surface area (Å²) in [6.07, 6.45) is -5.85. The van der Waals surface area contributed by atoms with E-state index in [0.717, 1.165) is 0 Å². The van der Waals surface area contributed by atoms with E-state index in [4.69, 9.17) is 18.9 Å². The average Bonchev–Trinajstić information content (AvgIpc) is 3.37. The summed E-state index contributed by atoms with van der Waals surface area (Å²) in [5.41, 5.74) is -3.33. The predicted octanol–water partition coefficient (Wildman–Crippen LogP) is 1.15. The smallest absolute Gasteiger partial charge is 0.305 e. The SMILES string of the molecule is CC1OC(CC(=O)O)CC2=C1C(=O)c1c(O)c3c(c(O)c1C2=O)C1OC(C)C2(O)C(OC4CCC(O)C(C)O4)C312. The fourth-order valence-corrected chi connectivity index (χ4v) is 7.85. The van der Waals surface area contributed by atoms with Gasteiger partial charge in [-0.1, -0.05) is 0 Å². The Balaban J connectivity index is 1.30. The Hall–Kier alpha value is -2.87. The van der Waals surface area contributed by atoms with Crippen molar-refractivity contribution in [3.05, 3.63) is 33.4 Å². The topological polar surface area (TPSA) is 189 Å². The van der Waals surface area contributed by atoms with Gasteiger partial charge in [0.15, 0.2) is 17.9 Å². The highest BCUT2D eigenvalue weighted by atomic mass is 16.7. The minimum Gasteiger partial charge on any atom is -0.507 e. The lowest BCUT2D eigenvalue weighted by molar-refractivity contribution is -0.238. The van der Waals surface area contributed by atoms with Gasteiger partial charge in [0.25, 0.3) is 0 Å². The molecule has 0 aromatic heterocycles. The van der Waals surface area contributed by atoms with Crippen molar-refractivity contribution in [2.75, 3.05) is 0 Å². The monoisotopic (exact) mass is 558 g/mol. The summed E-state index contributed by atoms with van der Waals surface area (Å²) in [5.74, 6) is -3.54. The van der Waals surface area contributed by atoms with E-state index in [1.165, 1.54) is 6.92 Å². The zero-order valence-corrected chi connectivity index (χ0v) is 22.0. The fourth-order valence-electron chi connectivity index (χ4n) is 7.85. The summed E-state index contributed by atoms with van der Waals surface area (Å²) < 4.78 is 23.7. The van der Waals surface area contributed by atoms with E-state index in [1.54, 1.807) is 13.8 Å². The number of carboxylic acids is 1. The van der Waals surface area contributed by atoms with Crippen LogP contribution in [0.3, 0.4) is 0 Å². The highest BCUT2D eigenvalue weighted by Crippen LogP contribution is 2.82. The zero-order chi connectivity index (χ0) is 28.6. The van der Waals surface area contributed by atoms with Crippen LogP contribution in [0, 0.1) is 0 Å². The maximum atomic E-state index is 13.8. The van der Waals surface area contributed by atoms with Gasteiger partial charge in [-0.3, -0.25) is 14.4 Å². The number of aliphatic hydroxyl groups is 2. The fraction of sp³-hybridized carbons (Fsp3) is 0.607. The Morgan fingerprint density at radius 3 is 2.40 bits per heavy atom. The number of carbonyl (C=O) groups is 3. The normalized spacial score (nSPS) is 42.8. The summed E-state index contributed by atoms with van der Waals surface area (Å²) >= 11 is 0. The van der Waals surface area contributed by atoms with E-state index in [9.17, 15) is 39.9 Å². The molecule has 10 unspecified atom stereocenters. The van der Waals surface area contributed by atoms with Crippen molar-refractivity contribution in [2.24, 2.45) is 0 Å². The van der Waals surface area contributed by atoms with E-state index >= 15 is 0 Å². The number of carboxylic acid groups (broad SMARTS) is 1. The minimum atomic E-state index is -1.59. The van der Waals surface area contributed by atoms with E-state index in [1.807, 2.05) is 0 Å². The van der Waals surface area contributed by atoms with Crippen LogP contribution < -0.4 is 0 Å². The molecule has 1 aromatic carbocycles. The van der Waals surface area contributed by atoms with Gasteiger partial charge in [0.1, 0.15) is 29.3 Å². The van der Waals surface area contributed by atoms with Crippen LogP contribution in [0.1, 0.15) is 84.4 Å². The van der Waals surface area contributed by atoms with Crippen molar-refractivity contribution in [3.63, 3.8) is 0 Å². The number of hydrogen-bond acceptors (Lipinski definition) is 11. The molecule has 3 heterocycles. The number of phenolic OH excluding ortho intramolecular Hbond substituents is 2. The van der Waals surface area contributed by atoms with Gasteiger partial charge in [0.2, 0.25) is 0 Å². The van der Waals surface area contributed by atoms with Gasteiger partial charge in [-0.15, -0.1) is 0 Å². The summed E-state index contributed by atoms with van der Waals surface area (Å²) in [7, 11) is 0. The van der Waals surface area contributed by atoms with Gasteiger partial charge in [-0.25, -0.2) is 0 Å². The van der Waals surface area contributed by atoms with E-state index in [-0.39, 0.29) is 46.2 Å². The maximum absolute atomic E-state index is 13.8. The quantitative estimate of drug-likeness (QED) is 0.332. The molecule has 1 aromatic rings. The number of hydrogen-bond donors (Lipinski definition) is 5. The molecule has 6 aliphatic rings. The first-order valence-electron chi connectivity index (χ1n) is 13.5. The number of aromatic hydroxyl groups is 2. The number of aliphatic hydroxyl groups excluding tert-OH is 1. The molecule has 1 spiro atoms. The summed E-state index contributed by atoms with van der Waals surface area (Å²) in [4.78, 5) is 38.7. The first kappa shape index (κ1) is 26.1. The number of ether oxygens (including phenoxy) is 4. The van der Waals surface area contributed by atoms with Crippen LogP contribution in [0.25, 0.3) is 0 Å². The van der Waals surface area contributed by atoms with Crippen LogP contribution in [0.15, 0.2) is 11.1 Å². The van der Waals surface area contributed by atoms with Gasteiger partial charge in [0, 0.05) is 35.1 Å².